The van der Waals surface area contributed by atoms with Crippen LogP contribution in [-0.4, -0.2) is 17.8 Å². The number of hydrogen-bond acceptors (Lipinski definition) is 3. The van der Waals surface area contributed by atoms with Crippen molar-refractivity contribution in [2.75, 3.05) is 17.7 Å². The van der Waals surface area contributed by atoms with Crippen LogP contribution >= 0.6 is 0 Å². The molecule has 0 aliphatic rings. The Labute approximate surface area is 91.3 Å². The van der Waals surface area contributed by atoms with Gasteiger partial charge in [-0.25, -0.2) is 0 Å². The molecule has 1 aromatic rings. The summed E-state index contributed by atoms with van der Waals surface area (Å²) in [6, 6.07) is 5.92. The molecule has 0 aromatic heterocycles. The van der Waals surface area contributed by atoms with Gasteiger partial charge in [0.15, 0.2) is 0 Å². The van der Waals surface area contributed by atoms with Crippen LogP contribution in [0.3, 0.4) is 0 Å². The molecule has 0 aliphatic heterocycles. The predicted molar refractivity (Wildman–Crippen MR) is 64.9 cm³/mol. The number of hydrogen-bond donors (Lipinski definition) is 3. The van der Waals surface area contributed by atoms with Crippen LogP contribution in [0.4, 0.5) is 11.4 Å². The Morgan fingerprint density at radius 1 is 1.33 bits per heavy atom. The van der Waals surface area contributed by atoms with E-state index in [1.54, 1.807) is 0 Å². The average Bonchev–Trinajstić information content (AvgIpc) is 2.12. The van der Waals surface area contributed by atoms with Crippen LogP contribution in [0.15, 0.2) is 18.2 Å². The first-order chi connectivity index (χ1) is 7.02. The fourth-order valence-corrected chi connectivity index (χ4v) is 1.53. The standard InChI is InChI=1S/C12H20N2O/c1-8(2)12(7-15)14-11-5-9(3)4-10(13)6-11/h4-6,8,12,14-15H,7,13H2,1-3H3. The molecule has 0 saturated heterocycles. The van der Waals surface area contributed by atoms with Crippen LogP contribution in [0.2, 0.25) is 0 Å². The van der Waals surface area contributed by atoms with Crippen molar-refractivity contribution in [1.29, 1.82) is 0 Å². The van der Waals surface area contributed by atoms with Gasteiger partial charge in [0, 0.05) is 11.4 Å². The molecule has 0 radical (unpaired) electrons. The van der Waals surface area contributed by atoms with Gasteiger partial charge in [0.2, 0.25) is 0 Å². The molecule has 1 rings (SSSR count). The van der Waals surface area contributed by atoms with Gasteiger partial charge in [-0.1, -0.05) is 13.8 Å². The van der Waals surface area contributed by atoms with E-state index in [0.717, 1.165) is 16.9 Å². The van der Waals surface area contributed by atoms with Gasteiger partial charge in [0.25, 0.3) is 0 Å². The number of nitrogens with two attached hydrogens (primary N) is 1. The van der Waals surface area contributed by atoms with E-state index in [2.05, 4.69) is 19.2 Å². The van der Waals surface area contributed by atoms with Crippen LogP contribution in [0, 0.1) is 12.8 Å². The van der Waals surface area contributed by atoms with E-state index in [4.69, 9.17) is 5.73 Å². The van der Waals surface area contributed by atoms with Crippen molar-refractivity contribution >= 4 is 11.4 Å². The van der Waals surface area contributed by atoms with Gasteiger partial charge in [-0.05, 0) is 36.6 Å². The quantitative estimate of drug-likeness (QED) is 0.663. The summed E-state index contributed by atoms with van der Waals surface area (Å²) in [6.07, 6.45) is 0. The summed E-state index contributed by atoms with van der Waals surface area (Å²) in [4.78, 5) is 0. The molecule has 1 aromatic carbocycles. The second-order valence-corrected chi connectivity index (χ2v) is 4.31. The molecule has 0 saturated carbocycles. The zero-order valence-electron chi connectivity index (χ0n) is 9.62. The molecule has 0 spiro atoms. The third-order valence-electron chi connectivity index (χ3n) is 2.45. The Balaban J connectivity index is 2.79. The van der Waals surface area contributed by atoms with E-state index in [1.165, 1.54) is 0 Å². The van der Waals surface area contributed by atoms with Crippen LogP contribution in [0.5, 0.6) is 0 Å². The highest BCUT2D eigenvalue weighted by Crippen LogP contribution is 2.18. The second-order valence-electron chi connectivity index (χ2n) is 4.31. The smallest absolute Gasteiger partial charge is 0.0635 e. The van der Waals surface area contributed by atoms with Gasteiger partial charge in [-0.15, -0.1) is 0 Å². The van der Waals surface area contributed by atoms with Gasteiger partial charge >= 0.3 is 0 Å². The average molecular weight is 208 g/mol. The molecule has 4 N–H and O–H groups in total. The van der Waals surface area contributed by atoms with Gasteiger partial charge in [0.1, 0.15) is 0 Å². The summed E-state index contributed by atoms with van der Waals surface area (Å²) in [5, 5.41) is 12.5. The lowest BCUT2D eigenvalue weighted by Gasteiger charge is -2.21. The number of rotatable bonds is 4. The minimum atomic E-state index is 0.0752. The highest BCUT2D eigenvalue weighted by Gasteiger charge is 2.11. The highest BCUT2D eigenvalue weighted by molar-refractivity contribution is 5.57. The first-order valence-corrected chi connectivity index (χ1v) is 5.27. The minimum absolute atomic E-state index is 0.0752. The van der Waals surface area contributed by atoms with Gasteiger partial charge in [-0.3, -0.25) is 0 Å². The molecule has 3 heteroatoms. The first-order valence-electron chi connectivity index (χ1n) is 5.27. The lowest BCUT2D eigenvalue weighted by Crippen LogP contribution is -2.29. The maximum Gasteiger partial charge on any atom is 0.0635 e. The zero-order valence-corrected chi connectivity index (χ0v) is 9.62. The third kappa shape index (κ3) is 3.44. The molecule has 0 aliphatic carbocycles. The number of aliphatic hydroxyl groups excluding tert-OH is 1. The summed E-state index contributed by atoms with van der Waals surface area (Å²) in [6.45, 7) is 6.29. The van der Waals surface area contributed by atoms with Gasteiger partial charge in [-0.2, -0.15) is 0 Å². The Morgan fingerprint density at radius 3 is 2.47 bits per heavy atom. The summed E-state index contributed by atoms with van der Waals surface area (Å²) in [5.74, 6) is 0.386. The lowest BCUT2D eigenvalue weighted by atomic mass is 10.0. The summed E-state index contributed by atoms with van der Waals surface area (Å²) in [5.41, 5.74) is 8.59. The van der Waals surface area contributed by atoms with Crippen molar-refractivity contribution in [3.8, 4) is 0 Å². The van der Waals surface area contributed by atoms with Gasteiger partial charge in [0.05, 0.1) is 12.6 Å². The Morgan fingerprint density at radius 2 is 2.00 bits per heavy atom. The molecule has 1 unspecified atom stereocenters. The second kappa shape index (κ2) is 5.03. The van der Waals surface area contributed by atoms with E-state index in [9.17, 15) is 5.11 Å². The summed E-state index contributed by atoms with van der Waals surface area (Å²) < 4.78 is 0. The Bertz CT molecular complexity index is 303. The summed E-state index contributed by atoms with van der Waals surface area (Å²) in [7, 11) is 0. The lowest BCUT2D eigenvalue weighted by molar-refractivity contribution is 0.249. The number of nitrogens with one attached hydrogen (secondary N) is 1. The van der Waals surface area contributed by atoms with Crippen molar-refractivity contribution in [3.63, 3.8) is 0 Å². The molecule has 0 fully saturated rings. The number of benzene rings is 1. The summed E-state index contributed by atoms with van der Waals surface area (Å²) >= 11 is 0. The first kappa shape index (κ1) is 11.9. The maximum absolute atomic E-state index is 9.20. The predicted octanol–water partition coefficient (Wildman–Crippen LogP) is 2.01. The molecule has 0 amide bonds. The fourth-order valence-electron chi connectivity index (χ4n) is 1.53. The van der Waals surface area contributed by atoms with E-state index in [0.29, 0.717) is 5.92 Å². The fraction of sp³-hybridized carbons (Fsp3) is 0.500. The number of nitrogen functional groups attached to an aromatic ring is 1. The van der Waals surface area contributed by atoms with Crippen molar-refractivity contribution < 1.29 is 5.11 Å². The topological polar surface area (TPSA) is 58.3 Å². The molecule has 0 bridgehead atoms. The monoisotopic (exact) mass is 208 g/mol. The van der Waals surface area contributed by atoms with E-state index in [1.807, 2.05) is 25.1 Å². The molecule has 1 atom stereocenters. The zero-order chi connectivity index (χ0) is 11.4. The molecular formula is C12H20N2O. The maximum atomic E-state index is 9.20. The largest absolute Gasteiger partial charge is 0.399 e. The van der Waals surface area contributed by atoms with Crippen LogP contribution in [-0.2, 0) is 0 Å². The molecule has 84 valence electrons. The molecule has 3 nitrogen and oxygen atoms in total. The van der Waals surface area contributed by atoms with Crippen LogP contribution in [0.25, 0.3) is 0 Å². The van der Waals surface area contributed by atoms with E-state index < -0.39 is 0 Å². The Kier molecular flexibility index (Phi) is 3.97. The normalized spacial score (nSPS) is 12.9. The Hall–Kier alpha value is -1.22. The molecular weight excluding hydrogens is 188 g/mol. The highest BCUT2D eigenvalue weighted by atomic mass is 16.3. The third-order valence-corrected chi connectivity index (χ3v) is 2.45. The number of anilines is 2. The van der Waals surface area contributed by atoms with E-state index in [-0.39, 0.29) is 12.6 Å². The van der Waals surface area contributed by atoms with Crippen molar-refractivity contribution in [3.05, 3.63) is 23.8 Å². The number of aliphatic hydroxyl groups is 1. The van der Waals surface area contributed by atoms with E-state index >= 15 is 0 Å². The minimum Gasteiger partial charge on any atom is -0.399 e. The van der Waals surface area contributed by atoms with Crippen molar-refractivity contribution in [1.82, 2.24) is 0 Å². The van der Waals surface area contributed by atoms with Crippen molar-refractivity contribution in [2.45, 2.75) is 26.8 Å². The van der Waals surface area contributed by atoms with Gasteiger partial charge < -0.3 is 16.2 Å². The van der Waals surface area contributed by atoms with Crippen LogP contribution < -0.4 is 11.1 Å². The number of aryl methyl sites for hydroxylation is 1. The molecule has 0 heterocycles. The SMILES string of the molecule is Cc1cc(N)cc(NC(CO)C(C)C)c1. The van der Waals surface area contributed by atoms with Crippen LogP contribution in [0.1, 0.15) is 19.4 Å². The molecule has 15 heavy (non-hydrogen) atoms. The van der Waals surface area contributed by atoms with Crippen molar-refractivity contribution in [2.24, 2.45) is 5.92 Å².